The highest BCUT2D eigenvalue weighted by Crippen LogP contribution is 2.14. The monoisotopic (exact) mass is 228 g/mol. The number of carbonyl (C=O) groups excluding carboxylic acids is 2. The van der Waals surface area contributed by atoms with Crippen LogP contribution in [0.1, 0.15) is 26.7 Å². The van der Waals surface area contributed by atoms with Crippen LogP contribution < -0.4 is 5.32 Å². The van der Waals surface area contributed by atoms with Gasteiger partial charge in [0, 0.05) is 13.7 Å². The molecule has 1 aliphatic heterocycles. The summed E-state index contributed by atoms with van der Waals surface area (Å²) >= 11 is 0. The molecule has 0 bridgehead atoms. The summed E-state index contributed by atoms with van der Waals surface area (Å²) in [5.41, 5.74) is 0. The Hall–Kier alpha value is -1.10. The van der Waals surface area contributed by atoms with Crippen molar-refractivity contribution in [3.63, 3.8) is 0 Å². The van der Waals surface area contributed by atoms with Crippen LogP contribution in [0, 0.1) is 5.92 Å². The zero-order valence-corrected chi connectivity index (χ0v) is 10.2. The minimum absolute atomic E-state index is 0.0607. The highest BCUT2D eigenvalue weighted by molar-refractivity contribution is 5.97. The molecule has 5 nitrogen and oxygen atoms in total. The normalized spacial score (nSPS) is 23.2. The topological polar surface area (TPSA) is 58.6 Å². The van der Waals surface area contributed by atoms with E-state index in [2.05, 4.69) is 12.2 Å². The molecule has 0 spiro atoms. The van der Waals surface area contributed by atoms with Crippen LogP contribution in [-0.2, 0) is 9.53 Å². The Bertz CT molecular complexity index is 262. The first-order chi connectivity index (χ1) is 7.60. The molecule has 2 atom stereocenters. The molecule has 1 fully saturated rings. The molecule has 1 aliphatic rings. The maximum Gasteiger partial charge on any atom is 0.324 e. The van der Waals surface area contributed by atoms with Crippen LogP contribution in [0.4, 0.5) is 4.79 Å². The molecule has 5 heteroatoms. The fraction of sp³-hybridized carbons (Fsp3) is 0.818. The van der Waals surface area contributed by atoms with Crippen LogP contribution in [-0.4, -0.2) is 43.1 Å². The average Bonchev–Trinajstić information content (AvgIpc) is 2.23. The Morgan fingerprint density at radius 1 is 1.56 bits per heavy atom. The molecule has 1 N–H and O–H groups in total. The maximum atomic E-state index is 11.7. The average molecular weight is 228 g/mol. The molecule has 3 amide bonds. The van der Waals surface area contributed by atoms with Gasteiger partial charge < -0.3 is 9.64 Å². The second-order valence-electron chi connectivity index (χ2n) is 4.25. The zero-order chi connectivity index (χ0) is 12.1. The van der Waals surface area contributed by atoms with Crippen LogP contribution in [0.15, 0.2) is 0 Å². The van der Waals surface area contributed by atoms with Crippen molar-refractivity contribution in [1.29, 1.82) is 0 Å². The van der Waals surface area contributed by atoms with Crippen molar-refractivity contribution < 1.29 is 14.3 Å². The molecule has 0 aromatic rings. The van der Waals surface area contributed by atoms with Crippen LogP contribution in [0.5, 0.6) is 0 Å². The van der Waals surface area contributed by atoms with Crippen LogP contribution in [0.25, 0.3) is 0 Å². The summed E-state index contributed by atoms with van der Waals surface area (Å²) in [6.45, 7) is 4.89. The number of urea groups is 1. The quantitative estimate of drug-likeness (QED) is 0.763. The van der Waals surface area contributed by atoms with E-state index in [1.54, 1.807) is 12.0 Å². The predicted octanol–water partition coefficient (Wildman–Crippen LogP) is 0.989. The van der Waals surface area contributed by atoms with E-state index in [-0.39, 0.29) is 23.9 Å². The number of nitrogens with one attached hydrogen (secondary N) is 1. The fourth-order valence-corrected chi connectivity index (χ4v) is 1.93. The molecule has 0 aliphatic carbocycles. The lowest BCUT2D eigenvalue weighted by atomic mass is 10.1. The number of hydrogen-bond donors (Lipinski definition) is 1. The van der Waals surface area contributed by atoms with Crippen LogP contribution in [0.3, 0.4) is 0 Å². The number of rotatable bonds is 5. The van der Waals surface area contributed by atoms with Gasteiger partial charge in [-0.1, -0.05) is 20.3 Å². The van der Waals surface area contributed by atoms with Crippen LogP contribution in [0.2, 0.25) is 0 Å². The zero-order valence-electron chi connectivity index (χ0n) is 10.2. The van der Waals surface area contributed by atoms with Crippen LogP contribution >= 0.6 is 0 Å². The first-order valence-corrected chi connectivity index (χ1v) is 5.70. The SMILES string of the molecule is CCCC(COC)N1CC(C)C(=O)NC1=O. The Kier molecular flexibility index (Phi) is 4.73. The summed E-state index contributed by atoms with van der Waals surface area (Å²) in [6.07, 6.45) is 1.88. The Morgan fingerprint density at radius 2 is 2.25 bits per heavy atom. The molecule has 0 aromatic heterocycles. The van der Waals surface area contributed by atoms with Crippen molar-refractivity contribution in [3.05, 3.63) is 0 Å². The van der Waals surface area contributed by atoms with E-state index in [1.165, 1.54) is 0 Å². The first kappa shape index (κ1) is 13.0. The lowest BCUT2D eigenvalue weighted by Gasteiger charge is -2.36. The summed E-state index contributed by atoms with van der Waals surface area (Å²) < 4.78 is 5.11. The van der Waals surface area contributed by atoms with E-state index >= 15 is 0 Å². The second-order valence-corrected chi connectivity index (χ2v) is 4.25. The van der Waals surface area contributed by atoms with Gasteiger partial charge in [0.25, 0.3) is 0 Å². The fourth-order valence-electron chi connectivity index (χ4n) is 1.93. The predicted molar refractivity (Wildman–Crippen MR) is 60.0 cm³/mol. The van der Waals surface area contributed by atoms with Gasteiger partial charge in [0.05, 0.1) is 18.6 Å². The number of carbonyl (C=O) groups is 2. The van der Waals surface area contributed by atoms with E-state index < -0.39 is 0 Å². The molecule has 1 heterocycles. The van der Waals surface area contributed by atoms with Crippen molar-refractivity contribution in [2.24, 2.45) is 5.92 Å². The van der Waals surface area contributed by atoms with Gasteiger partial charge in [-0.3, -0.25) is 10.1 Å². The number of imide groups is 1. The van der Waals surface area contributed by atoms with E-state index in [4.69, 9.17) is 4.74 Å². The van der Waals surface area contributed by atoms with Crippen molar-refractivity contribution >= 4 is 11.9 Å². The molecule has 0 saturated carbocycles. The lowest BCUT2D eigenvalue weighted by Crippen LogP contribution is -2.57. The Labute approximate surface area is 96.1 Å². The summed E-state index contributed by atoms with van der Waals surface area (Å²) in [5, 5.41) is 2.37. The molecule has 16 heavy (non-hydrogen) atoms. The van der Waals surface area contributed by atoms with Gasteiger partial charge in [-0.05, 0) is 6.42 Å². The molecule has 1 saturated heterocycles. The third kappa shape index (κ3) is 2.95. The van der Waals surface area contributed by atoms with Crippen molar-refractivity contribution in [2.45, 2.75) is 32.7 Å². The number of methoxy groups -OCH3 is 1. The van der Waals surface area contributed by atoms with E-state index in [9.17, 15) is 9.59 Å². The number of ether oxygens (including phenoxy) is 1. The number of hydrogen-bond acceptors (Lipinski definition) is 3. The van der Waals surface area contributed by atoms with Gasteiger partial charge in [-0.2, -0.15) is 0 Å². The molecule has 0 aromatic carbocycles. The molecule has 1 rings (SSSR count). The lowest BCUT2D eigenvalue weighted by molar-refractivity contribution is -0.125. The van der Waals surface area contributed by atoms with Gasteiger partial charge in [0.2, 0.25) is 5.91 Å². The third-order valence-corrected chi connectivity index (χ3v) is 2.83. The Morgan fingerprint density at radius 3 is 2.81 bits per heavy atom. The molecule has 2 unspecified atom stereocenters. The van der Waals surface area contributed by atoms with Gasteiger partial charge in [0.1, 0.15) is 0 Å². The standard InChI is InChI=1S/C11H20N2O3/c1-4-5-9(7-16-3)13-6-8(2)10(14)12-11(13)15/h8-9H,4-7H2,1-3H3,(H,12,14,15). The molecule has 0 radical (unpaired) electrons. The minimum atomic E-state index is -0.293. The van der Waals surface area contributed by atoms with E-state index in [0.717, 1.165) is 12.8 Å². The van der Waals surface area contributed by atoms with Gasteiger partial charge >= 0.3 is 6.03 Å². The van der Waals surface area contributed by atoms with Gasteiger partial charge in [-0.25, -0.2) is 4.79 Å². The van der Waals surface area contributed by atoms with Crippen molar-refractivity contribution in [3.8, 4) is 0 Å². The number of nitrogens with zero attached hydrogens (tertiary/aromatic N) is 1. The third-order valence-electron chi connectivity index (χ3n) is 2.83. The summed E-state index contributed by atoms with van der Waals surface area (Å²) in [4.78, 5) is 24.7. The van der Waals surface area contributed by atoms with Crippen molar-refractivity contribution in [1.82, 2.24) is 10.2 Å². The largest absolute Gasteiger partial charge is 0.383 e. The minimum Gasteiger partial charge on any atom is -0.383 e. The second kappa shape index (κ2) is 5.84. The van der Waals surface area contributed by atoms with E-state index in [0.29, 0.717) is 13.2 Å². The summed E-state index contributed by atoms with van der Waals surface area (Å²) in [6, 6.07) is -0.232. The maximum absolute atomic E-state index is 11.7. The molecular formula is C11H20N2O3. The Balaban J connectivity index is 2.67. The first-order valence-electron chi connectivity index (χ1n) is 5.70. The summed E-state index contributed by atoms with van der Waals surface area (Å²) in [7, 11) is 1.62. The van der Waals surface area contributed by atoms with Gasteiger partial charge in [0.15, 0.2) is 0 Å². The highest BCUT2D eigenvalue weighted by Gasteiger charge is 2.33. The summed E-state index contributed by atoms with van der Waals surface area (Å²) in [5.74, 6) is -0.331. The van der Waals surface area contributed by atoms with E-state index in [1.807, 2.05) is 6.92 Å². The molecular weight excluding hydrogens is 208 g/mol. The number of amides is 3. The smallest absolute Gasteiger partial charge is 0.324 e. The highest BCUT2D eigenvalue weighted by atomic mass is 16.5. The van der Waals surface area contributed by atoms with Crippen molar-refractivity contribution in [2.75, 3.05) is 20.3 Å². The van der Waals surface area contributed by atoms with Gasteiger partial charge in [-0.15, -0.1) is 0 Å². The molecule has 92 valence electrons.